The van der Waals surface area contributed by atoms with E-state index in [9.17, 15) is 0 Å². The average molecular weight is 240 g/mol. The van der Waals surface area contributed by atoms with Crippen molar-refractivity contribution < 1.29 is 9.47 Å². The molecule has 0 amide bonds. The third-order valence-electron chi connectivity index (χ3n) is 3.07. The van der Waals surface area contributed by atoms with Crippen LogP contribution >= 0.6 is 0 Å². The zero-order valence-corrected chi connectivity index (χ0v) is 10.2. The predicted molar refractivity (Wildman–Crippen MR) is 71.3 cm³/mol. The van der Waals surface area contributed by atoms with Crippen molar-refractivity contribution in [2.75, 3.05) is 13.2 Å². The summed E-state index contributed by atoms with van der Waals surface area (Å²) in [7, 11) is 0. The van der Waals surface area contributed by atoms with Crippen LogP contribution < -0.4 is 0 Å². The van der Waals surface area contributed by atoms with Crippen LogP contribution in [0.1, 0.15) is 5.56 Å². The Bertz CT molecular complexity index is 504. The van der Waals surface area contributed by atoms with Gasteiger partial charge < -0.3 is 9.47 Å². The quantitative estimate of drug-likeness (QED) is 0.748. The van der Waals surface area contributed by atoms with Gasteiger partial charge in [-0.1, -0.05) is 54.6 Å². The van der Waals surface area contributed by atoms with E-state index in [1.165, 1.54) is 16.7 Å². The lowest BCUT2D eigenvalue weighted by Gasteiger charge is -2.09. The van der Waals surface area contributed by atoms with Crippen LogP contribution in [0.15, 0.2) is 54.6 Å². The maximum atomic E-state index is 5.68. The second kappa shape index (κ2) is 5.34. The Morgan fingerprint density at radius 3 is 2.50 bits per heavy atom. The van der Waals surface area contributed by atoms with E-state index in [0.717, 1.165) is 6.61 Å². The first-order valence-corrected chi connectivity index (χ1v) is 6.26. The standard InChI is InChI=1S/C16H16O2/c1-2-6-13(7-3-1)16-9-5-4-8-14(16)10-17-11-15-12-18-15/h1-9,15H,10-12H2. The van der Waals surface area contributed by atoms with Crippen molar-refractivity contribution in [3.8, 4) is 11.1 Å². The molecule has 0 spiro atoms. The van der Waals surface area contributed by atoms with Crippen LogP contribution in [0.3, 0.4) is 0 Å². The largest absolute Gasteiger partial charge is 0.374 e. The molecule has 1 aliphatic rings. The highest BCUT2D eigenvalue weighted by atomic mass is 16.6. The van der Waals surface area contributed by atoms with Crippen molar-refractivity contribution in [2.45, 2.75) is 12.7 Å². The van der Waals surface area contributed by atoms with Crippen LogP contribution in [0.4, 0.5) is 0 Å². The van der Waals surface area contributed by atoms with Gasteiger partial charge in [-0.2, -0.15) is 0 Å². The van der Waals surface area contributed by atoms with Crippen LogP contribution in [0, 0.1) is 0 Å². The van der Waals surface area contributed by atoms with Crippen LogP contribution in [0.2, 0.25) is 0 Å². The van der Waals surface area contributed by atoms with E-state index in [1.807, 2.05) is 6.07 Å². The molecule has 18 heavy (non-hydrogen) atoms. The van der Waals surface area contributed by atoms with Crippen LogP contribution in [0.5, 0.6) is 0 Å². The lowest BCUT2D eigenvalue weighted by molar-refractivity contribution is 0.104. The average Bonchev–Trinajstić information content (AvgIpc) is 3.25. The molecule has 92 valence electrons. The number of benzene rings is 2. The van der Waals surface area contributed by atoms with Gasteiger partial charge in [-0.05, 0) is 16.7 Å². The molecule has 0 bridgehead atoms. The molecule has 1 fully saturated rings. The van der Waals surface area contributed by atoms with Gasteiger partial charge in [-0.3, -0.25) is 0 Å². The van der Waals surface area contributed by atoms with E-state index in [1.54, 1.807) is 0 Å². The van der Waals surface area contributed by atoms with Crippen molar-refractivity contribution in [3.05, 3.63) is 60.2 Å². The molecule has 0 N–H and O–H groups in total. The SMILES string of the molecule is c1ccc(-c2ccccc2COCC2CO2)cc1. The smallest absolute Gasteiger partial charge is 0.104 e. The highest BCUT2D eigenvalue weighted by Gasteiger charge is 2.22. The first-order valence-electron chi connectivity index (χ1n) is 6.26. The maximum absolute atomic E-state index is 5.68. The molecule has 1 heterocycles. The summed E-state index contributed by atoms with van der Waals surface area (Å²) >= 11 is 0. The van der Waals surface area contributed by atoms with Crippen molar-refractivity contribution in [1.82, 2.24) is 0 Å². The Balaban J connectivity index is 1.76. The summed E-state index contributed by atoms with van der Waals surface area (Å²) in [5.41, 5.74) is 3.71. The predicted octanol–water partition coefficient (Wildman–Crippen LogP) is 3.27. The molecule has 2 aromatic carbocycles. The van der Waals surface area contributed by atoms with Gasteiger partial charge in [0.1, 0.15) is 6.10 Å². The molecule has 1 aliphatic heterocycles. The number of rotatable bonds is 5. The number of hydrogen-bond acceptors (Lipinski definition) is 2. The summed E-state index contributed by atoms with van der Waals surface area (Å²) < 4.78 is 10.8. The van der Waals surface area contributed by atoms with E-state index in [2.05, 4.69) is 48.5 Å². The molecule has 2 nitrogen and oxygen atoms in total. The molecule has 1 atom stereocenters. The lowest BCUT2D eigenvalue weighted by atomic mass is 10.0. The van der Waals surface area contributed by atoms with E-state index in [4.69, 9.17) is 9.47 Å². The summed E-state index contributed by atoms with van der Waals surface area (Å²) in [6, 6.07) is 18.8. The summed E-state index contributed by atoms with van der Waals surface area (Å²) in [6.07, 6.45) is 0.328. The van der Waals surface area contributed by atoms with Crippen molar-refractivity contribution in [3.63, 3.8) is 0 Å². The first-order chi connectivity index (χ1) is 8.93. The summed E-state index contributed by atoms with van der Waals surface area (Å²) in [5, 5.41) is 0. The van der Waals surface area contributed by atoms with Gasteiger partial charge in [-0.15, -0.1) is 0 Å². The maximum Gasteiger partial charge on any atom is 0.104 e. The zero-order valence-electron chi connectivity index (χ0n) is 10.2. The third kappa shape index (κ3) is 2.78. The second-order valence-corrected chi connectivity index (χ2v) is 4.49. The molecule has 0 aromatic heterocycles. The molecule has 0 saturated carbocycles. The monoisotopic (exact) mass is 240 g/mol. The summed E-state index contributed by atoms with van der Waals surface area (Å²) in [6.45, 7) is 2.19. The van der Waals surface area contributed by atoms with E-state index >= 15 is 0 Å². The van der Waals surface area contributed by atoms with Gasteiger partial charge in [-0.25, -0.2) is 0 Å². The summed E-state index contributed by atoms with van der Waals surface area (Å²) in [5.74, 6) is 0. The highest BCUT2D eigenvalue weighted by molar-refractivity contribution is 5.66. The Kier molecular flexibility index (Phi) is 3.40. The highest BCUT2D eigenvalue weighted by Crippen LogP contribution is 2.24. The van der Waals surface area contributed by atoms with Gasteiger partial charge in [0, 0.05) is 0 Å². The van der Waals surface area contributed by atoms with Crippen LogP contribution in [-0.2, 0) is 16.1 Å². The van der Waals surface area contributed by atoms with Gasteiger partial charge in [0.25, 0.3) is 0 Å². The normalized spacial score (nSPS) is 17.7. The Morgan fingerprint density at radius 1 is 1.00 bits per heavy atom. The Labute approximate surface area is 107 Å². The van der Waals surface area contributed by atoms with Crippen LogP contribution in [-0.4, -0.2) is 19.3 Å². The molecule has 2 aromatic rings. The molecule has 1 unspecified atom stereocenters. The molecule has 0 radical (unpaired) electrons. The van der Waals surface area contributed by atoms with Gasteiger partial charge >= 0.3 is 0 Å². The minimum absolute atomic E-state index is 0.328. The van der Waals surface area contributed by atoms with E-state index < -0.39 is 0 Å². The second-order valence-electron chi connectivity index (χ2n) is 4.49. The fraction of sp³-hybridized carbons (Fsp3) is 0.250. The minimum Gasteiger partial charge on any atom is -0.374 e. The fourth-order valence-corrected chi connectivity index (χ4v) is 2.01. The van der Waals surface area contributed by atoms with Crippen LogP contribution in [0.25, 0.3) is 11.1 Å². The zero-order chi connectivity index (χ0) is 12.2. The van der Waals surface area contributed by atoms with Gasteiger partial charge in [0.15, 0.2) is 0 Å². The molecular weight excluding hydrogens is 224 g/mol. The van der Waals surface area contributed by atoms with E-state index in [0.29, 0.717) is 19.3 Å². The molecule has 2 heteroatoms. The topological polar surface area (TPSA) is 21.8 Å². The first kappa shape index (κ1) is 11.5. The fourth-order valence-electron chi connectivity index (χ4n) is 2.01. The number of epoxide rings is 1. The molecule has 0 aliphatic carbocycles. The Hall–Kier alpha value is -1.64. The molecular formula is C16H16O2. The summed E-state index contributed by atoms with van der Waals surface area (Å²) in [4.78, 5) is 0. The van der Waals surface area contributed by atoms with Crippen molar-refractivity contribution in [1.29, 1.82) is 0 Å². The minimum atomic E-state index is 0.328. The van der Waals surface area contributed by atoms with Gasteiger partial charge in [0.05, 0.1) is 19.8 Å². The Morgan fingerprint density at radius 2 is 1.72 bits per heavy atom. The lowest BCUT2D eigenvalue weighted by Crippen LogP contribution is -2.02. The van der Waals surface area contributed by atoms with E-state index in [-0.39, 0.29) is 0 Å². The van der Waals surface area contributed by atoms with Gasteiger partial charge in [0.2, 0.25) is 0 Å². The third-order valence-corrected chi connectivity index (χ3v) is 3.07. The van der Waals surface area contributed by atoms with Crippen molar-refractivity contribution in [2.24, 2.45) is 0 Å². The molecule has 3 rings (SSSR count). The van der Waals surface area contributed by atoms with Crippen molar-refractivity contribution >= 4 is 0 Å². The molecule has 1 saturated heterocycles. The number of hydrogen-bond donors (Lipinski definition) is 0. The number of ether oxygens (including phenoxy) is 2.